The summed E-state index contributed by atoms with van der Waals surface area (Å²) >= 11 is 0. The van der Waals surface area contributed by atoms with Crippen LogP contribution in [-0.4, -0.2) is 36.9 Å². The van der Waals surface area contributed by atoms with Crippen molar-refractivity contribution < 1.29 is 4.39 Å². The molecule has 0 radical (unpaired) electrons. The SMILES string of the molecule is CCN1CC[C@H](NC(C)F)C1. The maximum Gasteiger partial charge on any atom is 0.148 e. The summed E-state index contributed by atoms with van der Waals surface area (Å²) in [7, 11) is 0. The van der Waals surface area contributed by atoms with Gasteiger partial charge in [-0.3, -0.25) is 5.32 Å². The molecule has 1 N–H and O–H groups in total. The summed E-state index contributed by atoms with van der Waals surface area (Å²) in [5.41, 5.74) is 0. The van der Waals surface area contributed by atoms with Crippen molar-refractivity contribution in [3.05, 3.63) is 0 Å². The molecule has 1 heterocycles. The normalized spacial score (nSPS) is 29.2. The Kier molecular flexibility index (Phi) is 3.27. The highest BCUT2D eigenvalue weighted by Gasteiger charge is 2.21. The maximum atomic E-state index is 12.5. The molecule has 1 fully saturated rings. The summed E-state index contributed by atoms with van der Waals surface area (Å²) in [6.45, 7) is 6.89. The molecule has 1 aliphatic heterocycles. The monoisotopic (exact) mass is 160 g/mol. The van der Waals surface area contributed by atoms with Crippen LogP contribution in [-0.2, 0) is 0 Å². The highest BCUT2D eigenvalue weighted by atomic mass is 19.1. The molecule has 0 amide bonds. The number of halogens is 1. The highest BCUT2D eigenvalue weighted by Crippen LogP contribution is 2.08. The summed E-state index contributed by atoms with van der Waals surface area (Å²) in [5.74, 6) is 0. The molecular formula is C8H17FN2. The number of rotatable bonds is 3. The van der Waals surface area contributed by atoms with E-state index in [9.17, 15) is 4.39 Å². The maximum absolute atomic E-state index is 12.5. The molecule has 2 atom stereocenters. The van der Waals surface area contributed by atoms with Gasteiger partial charge in [0.2, 0.25) is 0 Å². The molecule has 0 aromatic carbocycles. The molecule has 1 rings (SSSR count). The van der Waals surface area contributed by atoms with E-state index in [0.29, 0.717) is 6.04 Å². The van der Waals surface area contributed by atoms with E-state index in [1.807, 2.05) is 0 Å². The summed E-state index contributed by atoms with van der Waals surface area (Å²) in [4.78, 5) is 2.33. The van der Waals surface area contributed by atoms with Gasteiger partial charge < -0.3 is 4.90 Å². The number of likely N-dealkylation sites (N-methyl/N-ethyl adjacent to an activating group) is 1. The van der Waals surface area contributed by atoms with Crippen molar-refractivity contribution in [2.24, 2.45) is 0 Å². The average Bonchev–Trinajstić information content (AvgIpc) is 2.34. The lowest BCUT2D eigenvalue weighted by molar-refractivity contribution is 0.260. The van der Waals surface area contributed by atoms with Crippen LogP contribution in [0.15, 0.2) is 0 Å². The number of hydrogen-bond acceptors (Lipinski definition) is 2. The molecule has 0 aromatic rings. The zero-order valence-corrected chi connectivity index (χ0v) is 7.31. The fraction of sp³-hybridized carbons (Fsp3) is 1.00. The molecule has 0 spiro atoms. The van der Waals surface area contributed by atoms with Gasteiger partial charge in [0, 0.05) is 12.6 Å². The lowest BCUT2D eigenvalue weighted by Crippen LogP contribution is -2.36. The third-order valence-corrected chi connectivity index (χ3v) is 2.18. The van der Waals surface area contributed by atoms with Crippen LogP contribution in [0.3, 0.4) is 0 Å². The van der Waals surface area contributed by atoms with E-state index in [1.165, 1.54) is 0 Å². The largest absolute Gasteiger partial charge is 0.302 e. The number of likely N-dealkylation sites (tertiary alicyclic amines) is 1. The van der Waals surface area contributed by atoms with Gasteiger partial charge in [0.15, 0.2) is 0 Å². The van der Waals surface area contributed by atoms with Crippen molar-refractivity contribution in [1.29, 1.82) is 0 Å². The Hall–Kier alpha value is -0.150. The van der Waals surface area contributed by atoms with Gasteiger partial charge in [-0.25, -0.2) is 4.39 Å². The van der Waals surface area contributed by atoms with Crippen LogP contribution in [0, 0.1) is 0 Å². The molecule has 3 heteroatoms. The van der Waals surface area contributed by atoms with Gasteiger partial charge in [0.25, 0.3) is 0 Å². The van der Waals surface area contributed by atoms with Crippen molar-refractivity contribution in [3.63, 3.8) is 0 Å². The van der Waals surface area contributed by atoms with Gasteiger partial charge >= 0.3 is 0 Å². The van der Waals surface area contributed by atoms with Gasteiger partial charge in [-0.2, -0.15) is 0 Å². The topological polar surface area (TPSA) is 15.3 Å². The number of alkyl halides is 1. The third-order valence-electron chi connectivity index (χ3n) is 2.18. The first kappa shape index (κ1) is 8.94. The molecule has 2 nitrogen and oxygen atoms in total. The Morgan fingerprint density at radius 1 is 1.73 bits per heavy atom. The van der Waals surface area contributed by atoms with Crippen molar-refractivity contribution in [2.45, 2.75) is 32.6 Å². The Morgan fingerprint density at radius 2 is 2.45 bits per heavy atom. The Bertz CT molecular complexity index is 117. The zero-order chi connectivity index (χ0) is 8.27. The molecule has 0 aliphatic carbocycles. The van der Waals surface area contributed by atoms with Crippen LogP contribution in [0.25, 0.3) is 0 Å². The van der Waals surface area contributed by atoms with Gasteiger partial charge in [0.1, 0.15) is 6.30 Å². The first-order valence-electron chi connectivity index (χ1n) is 4.35. The first-order valence-corrected chi connectivity index (χ1v) is 4.35. The molecule has 66 valence electrons. The fourth-order valence-electron chi connectivity index (χ4n) is 1.58. The van der Waals surface area contributed by atoms with E-state index in [2.05, 4.69) is 17.1 Å². The lowest BCUT2D eigenvalue weighted by Gasteiger charge is -2.14. The van der Waals surface area contributed by atoms with Crippen molar-refractivity contribution in [1.82, 2.24) is 10.2 Å². The average molecular weight is 160 g/mol. The van der Waals surface area contributed by atoms with Crippen molar-refractivity contribution in [3.8, 4) is 0 Å². The van der Waals surface area contributed by atoms with Crippen LogP contribution in [0.2, 0.25) is 0 Å². The Labute approximate surface area is 67.8 Å². The van der Waals surface area contributed by atoms with Gasteiger partial charge in [0.05, 0.1) is 0 Å². The van der Waals surface area contributed by atoms with E-state index in [0.717, 1.165) is 26.1 Å². The number of nitrogens with one attached hydrogen (secondary N) is 1. The van der Waals surface area contributed by atoms with Gasteiger partial charge in [-0.15, -0.1) is 0 Å². The first-order chi connectivity index (χ1) is 5.22. The summed E-state index contributed by atoms with van der Waals surface area (Å²) in [6.07, 6.45) is 0.221. The summed E-state index contributed by atoms with van der Waals surface area (Å²) < 4.78 is 12.5. The molecule has 1 saturated heterocycles. The number of hydrogen-bond donors (Lipinski definition) is 1. The predicted molar refractivity (Wildman–Crippen MR) is 44.2 cm³/mol. The molecule has 0 saturated carbocycles. The van der Waals surface area contributed by atoms with Crippen LogP contribution < -0.4 is 5.32 Å². The van der Waals surface area contributed by atoms with Crippen molar-refractivity contribution in [2.75, 3.05) is 19.6 Å². The molecule has 11 heavy (non-hydrogen) atoms. The quantitative estimate of drug-likeness (QED) is 0.619. The molecule has 0 bridgehead atoms. The van der Waals surface area contributed by atoms with Crippen LogP contribution >= 0.6 is 0 Å². The van der Waals surface area contributed by atoms with Gasteiger partial charge in [-0.1, -0.05) is 6.92 Å². The van der Waals surface area contributed by atoms with Crippen molar-refractivity contribution >= 4 is 0 Å². The second-order valence-electron chi connectivity index (χ2n) is 3.16. The van der Waals surface area contributed by atoms with E-state index >= 15 is 0 Å². The van der Waals surface area contributed by atoms with Crippen LogP contribution in [0.1, 0.15) is 20.3 Å². The lowest BCUT2D eigenvalue weighted by atomic mass is 10.2. The minimum atomic E-state index is -0.864. The second-order valence-corrected chi connectivity index (χ2v) is 3.16. The Morgan fingerprint density at radius 3 is 2.91 bits per heavy atom. The van der Waals surface area contributed by atoms with Crippen LogP contribution in [0.5, 0.6) is 0 Å². The summed E-state index contributed by atoms with van der Waals surface area (Å²) in [6, 6.07) is 0.370. The third kappa shape index (κ3) is 2.75. The second kappa shape index (κ2) is 4.02. The molecular weight excluding hydrogens is 143 g/mol. The standard InChI is InChI=1S/C8H17FN2/c1-3-11-5-4-8(6-11)10-7(2)9/h7-8,10H,3-6H2,1-2H3/t7?,8-/m0/s1. The predicted octanol–water partition coefficient (Wildman–Crippen LogP) is 0.986. The number of nitrogens with zero attached hydrogens (tertiary/aromatic N) is 1. The molecule has 1 aliphatic rings. The Balaban J connectivity index is 2.19. The zero-order valence-electron chi connectivity index (χ0n) is 7.31. The van der Waals surface area contributed by atoms with E-state index in [-0.39, 0.29) is 0 Å². The summed E-state index contributed by atoms with van der Waals surface area (Å²) in [5, 5.41) is 2.90. The smallest absolute Gasteiger partial charge is 0.148 e. The minimum absolute atomic E-state index is 0.370. The van der Waals surface area contributed by atoms with E-state index < -0.39 is 6.30 Å². The highest BCUT2D eigenvalue weighted by molar-refractivity contribution is 4.80. The minimum Gasteiger partial charge on any atom is -0.302 e. The van der Waals surface area contributed by atoms with E-state index in [1.54, 1.807) is 6.92 Å². The van der Waals surface area contributed by atoms with E-state index in [4.69, 9.17) is 0 Å². The fourth-order valence-corrected chi connectivity index (χ4v) is 1.58. The molecule has 0 aromatic heterocycles. The van der Waals surface area contributed by atoms with Crippen LogP contribution in [0.4, 0.5) is 4.39 Å². The molecule has 1 unspecified atom stereocenters. The van der Waals surface area contributed by atoms with Gasteiger partial charge in [-0.05, 0) is 26.4 Å².